The lowest BCUT2D eigenvalue weighted by atomic mass is 10.0. The van der Waals surface area contributed by atoms with E-state index in [0.717, 1.165) is 5.57 Å². The molecule has 102 valence electrons. The van der Waals surface area contributed by atoms with Gasteiger partial charge in [-0.3, -0.25) is 9.59 Å². The number of carbonyl (C=O) groups is 2. The standard InChI is InChI=1S/C15H14N2O3/c1-9-7-15(20)14(16-10(2)18)8-13(9)17-11-3-5-12(19)6-4-11/h3-8,19H,1-2H3,(H,16,18). The molecule has 1 aromatic rings. The third-order valence-corrected chi connectivity index (χ3v) is 2.71. The molecule has 0 unspecified atom stereocenters. The minimum absolute atomic E-state index is 0.162. The fourth-order valence-corrected chi connectivity index (χ4v) is 1.74. The number of hydrogen-bond acceptors (Lipinski definition) is 4. The van der Waals surface area contributed by atoms with Crippen LogP contribution in [-0.2, 0) is 9.59 Å². The zero-order valence-electron chi connectivity index (χ0n) is 11.2. The van der Waals surface area contributed by atoms with Gasteiger partial charge in [0.25, 0.3) is 0 Å². The molecule has 2 N–H and O–H groups in total. The highest BCUT2D eigenvalue weighted by Gasteiger charge is 2.17. The maximum Gasteiger partial charge on any atom is 0.221 e. The summed E-state index contributed by atoms with van der Waals surface area (Å²) in [7, 11) is 0. The summed E-state index contributed by atoms with van der Waals surface area (Å²) < 4.78 is 0. The Hall–Kier alpha value is -2.69. The lowest BCUT2D eigenvalue weighted by Gasteiger charge is -2.12. The van der Waals surface area contributed by atoms with E-state index in [1.807, 2.05) is 0 Å². The zero-order valence-corrected chi connectivity index (χ0v) is 11.2. The van der Waals surface area contributed by atoms with Gasteiger partial charge >= 0.3 is 0 Å². The molecule has 0 fully saturated rings. The number of benzene rings is 1. The average molecular weight is 270 g/mol. The van der Waals surface area contributed by atoms with Crippen molar-refractivity contribution in [3.8, 4) is 5.75 Å². The van der Waals surface area contributed by atoms with Crippen molar-refractivity contribution in [3.05, 3.63) is 47.7 Å². The van der Waals surface area contributed by atoms with Crippen LogP contribution in [0.2, 0.25) is 0 Å². The first-order chi connectivity index (χ1) is 9.45. The molecular weight excluding hydrogens is 256 g/mol. The summed E-state index contributed by atoms with van der Waals surface area (Å²) in [6.07, 6.45) is 2.98. The molecule has 0 saturated carbocycles. The molecule has 0 heterocycles. The second-order valence-electron chi connectivity index (χ2n) is 4.44. The first kappa shape index (κ1) is 13.7. The number of ketones is 1. The Balaban J connectivity index is 2.36. The molecule has 1 amide bonds. The molecule has 1 aliphatic rings. The van der Waals surface area contributed by atoms with E-state index >= 15 is 0 Å². The Kier molecular flexibility index (Phi) is 3.79. The van der Waals surface area contributed by atoms with E-state index in [4.69, 9.17) is 0 Å². The zero-order chi connectivity index (χ0) is 14.7. The highest BCUT2D eigenvalue weighted by Crippen LogP contribution is 2.20. The van der Waals surface area contributed by atoms with Crippen LogP contribution in [0.15, 0.2) is 52.7 Å². The van der Waals surface area contributed by atoms with Gasteiger partial charge in [-0.1, -0.05) is 0 Å². The Bertz CT molecular complexity index is 652. The molecule has 5 heteroatoms. The molecular formula is C15H14N2O3. The van der Waals surface area contributed by atoms with Gasteiger partial charge in [-0.05, 0) is 48.9 Å². The van der Waals surface area contributed by atoms with E-state index in [-0.39, 0.29) is 23.1 Å². The summed E-state index contributed by atoms with van der Waals surface area (Å²) >= 11 is 0. The van der Waals surface area contributed by atoms with Crippen molar-refractivity contribution < 1.29 is 14.7 Å². The number of aliphatic imine (C=N–C) groups is 1. The van der Waals surface area contributed by atoms with Gasteiger partial charge in [0, 0.05) is 6.92 Å². The van der Waals surface area contributed by atoms with Gasteiger partial charge < -0.3 is 10.4 Å². The van der Waals surface area contributed by atoms with Crippen molar-refractivity contribution >= 4 is 23.1 Å². The molecule has 5 nitrogen and oxygen atoms in total. The summed E-state index contributed by atoms with van der Waals surface area (Å²) in [5.74, 6) is -0.390. The van der Waals surface area contributed by atoms with Crippen LogP contribution in [-0.4, -0.2) is 22.5 Å². The van der Waals surface area contributed by atoms with E-state index in [0.29, 0.717) is 11.4 Å². The summed E-state index contributed by atoms with van der Waals surface area (Å²) in [6.45, 7) is 3.12. The molecule has 1 aromatic carbocycles. The largest absolute Gasteiger partial charge is 0.508 e. The Morgan fingerprint density at radius 2 is 1.85 bits per heavy atom. The predicted molar refractivity (Wildman–Crippen MR) is 75.9 cm³/mol. The number of aromatic hydroxyl groups is 1. The number of amides is 1. The van der Waals surface area contributed by atoms with Crippen LogP contribution in [0.5, 0.6) is 5.75 Å². The van der Waals surface area contributed by atoms with Crippen LogP contribution < -0.4 is 5.32 Å². The van der Waals surface area contributed by atoms with Gasteiger partial charge in [0.2, 0.25) is 11.7 Å². The van der Waals surface area contributed by atoms with Crippen LogP contribution in [0.3, 0.4) is 0 Å². The second-order valence-corrected chi connectivity index (χ2v) is 4.44. The first-order valence-corrected chi connectivity index (χ1v) is 6.06. The Morgan fingerprint density at radius 1 is 1.20 bits per heavy atom. The van der Waals surface area contributed by atoms with Crippen molar-refractivity contribution in [3.63, 3.8) is 0 Å². The smallest absolute Gasteiger partial charge is 0.221 e. The molecule has 0 atom stereocenters. The van der Waals surface area contributed by atoms with E-state index in [9.17, 15) is 14.7 Å². The van der Waals surface area contributed by atoms with Crippen LogP contribution in [0.1, 0.15) is 13.8 Å². The number of phenolic OH excluding ortho intramolecular Hbond substituents is 1. The normalized spacial score (nSPS) is 16.7. The van der Waals surface area contributed by atoms with E-state index in [1.165, 1.54) is 25.1 Å². The van der Waals surface area contributed by atoms with Gasteiger partial charge in [-0.25, -0.2) is 4.99 Å². The molecule has 1 aliphatic carbocycles. The Morgan fingerprint density at radius 3 is 2.45 bits per heavy atom. The van der Waals surface area contributed by atoms with Gasteiger partial charge in [-0.15, -0.1) is 0 Å². The second kappa shape index (κ2) is 5.52. The number of allylic oxidation sites excluding steroid dienone is 3. The topological polar surface area (TPSA) is 78.8 Å². The molecule has 0 aromatic heterocycles. The molecule has 0 spiro atoms. The number of rotatable bonds is 2. The van der Waals surface area contributed by atoms with Gasteiger partial charge in [0.05, 0.1) is 17.1 Å². The maximum absolute atomic E-state index is 11.7. The maximum atomic E-state index is 11.7. The predicted octanol–water partition coefficient (Wildman–Crippen LogP) is 2.01. The minimum Gasteiger partial charge on any atom is -0.508 e. The van der Waals surface area contributed by atoms with Crippen LogP contribution in [0.4, 0.5) is 5.69 Å². The number of hydrogen-bond donors (Lipinski definition) is 2. The summed E-state index contributed by atoms with van der Waals surface area (Å²) in [4.78, 5) is 27.2. The lowest BCUT2D eigenvalue weighted by Crippen LogP contribution is -2.27. The highest BCUT2D eigenvalue weighted by atomic mass is 16.3. The fraction of sp³-hybridized carbons (Fsp3) is 0.133. The van der Waals surface area contributed by atoms with Gasteiger partial charge in [0.1, 0.15) is 5.75 Å². The molecule has 20 heavy (non-hydrogen) atoms. The Labute approximate surface area is 116 Å². The third kappa shape index (κ3) is 3.20. The van der Waals surface area contributed by atoms with Crippen LogP contribution >= 0.6 is 0 Å². The molecule has 0 aliphatic heterocycles. The first-order valence-electron chi connectivity index (χ1n) is 6.06. The number of carbonyl (C=O) groups excluding carboxylic acids is 2. The summed E-state index contributed by atoms with van der Waals surface area (Å²) in [5, 5.41) is 11.7. The number of phenols is 1. The molecule has 0 radical (unpaired) electrons. The van der Waals surface area contributed by atoms with E-state index < -0.39 is 0 Å². The minimum atomic E-state index is -0.304. The van der Waals surface area contributed by atoms with Crippen molar-refractivity contribution in [1.82, 2.24) is 5.32 Å². The van der Waals surface area contributed by atoms with Crippen LogP contribution in [0.25, 0.3) is 0 Å². The van der Waals surface area contributed by atoms with Crippen molar-refractivity contribution in [2.75, 3.05) is 0 Å². The third-order valence-electron chi connectivity index (χ3n) is 2.71. The van der Waals surface area contributed by atoms with Crippen molar-refractivity contribution in [2.24, 2.45) is 4.99 Å². The molecule has 0 bridgehead atoms. The molecule has 0 saturated heterocycles. The quantitative estimate of drug-likeness (QED) is 0.807. The lowest BCUT2D eigenvalue weighted by molar-refractivity contribution is -0.120. The average Bonchev–Trinajstić information content (AvgIpc) is 2.37. The van der Waals surface area contributed by atoms with Crippen molar-refractivity contribution in [2.45, 2.75) is 13.8 Å². The summed E-state index contributed by atoms with van der Waals surface area (Å²) in [5.41, 5.74) is 2.18. The fourth-order valence-electron chi connectivity index (χ4n) is 1.74. The van der Waals surface area contributed by atoms with Gasteiger partial charge in [0.15, 0.2) is 0 Å². The van der Waals surface area contributed by atoms with E-state index in [2.05, 4.69) is 10.3 Å². The highest BCUT2D eigenvalue weighted by molar-refractivity contribution is 6.22. The summed E-state index contributed by atoms with van der Waals surface area (Å²) in [6, 6.07) is 6.39. The van der Waals surface area contributed by atoms with Crippen LogP contribution in [0, 0.1) is 0 Å². The monoisotopic (exact) mass is 270 g/mol. The van der Waals surface area contributed by atoms with E-state index in [1.54, 1.807) is 25.1 Å². The van der Waals surface area contributed by atoms with Gasteiger partial charge in [-0.2, -0.15) is 0 Å². The SMILES string of the molecule is CC(=O)NC1=CC(=Nc2ccc(O)cc2)C(C)=CC1=O. The number of nitrogens with zero attached hydrogens (tertiary/aromatic N) is 1. The van der Waals surface area contributed by atoms with Crippen molar-refractivity contribution in [1.29, 1.82) is 0 Å². The number of nitrogens with one attached hydrogen (secondary N) is 1. The molecule has 2 rings (SSSR count).